The summed E-state index contributed by atoms with van der Waals surface area (Å²) in [6, 6.07) is 8.22. The van der Waals surface area contributed by atoms with Crippen LogP contribution < -0.4 is 5.32 Å². The number of hydrogen-bond acceptors (Lipinski definition) is 4. The second kappa shape index (κ2) is 10.1. The number of ether oxygens (including phenoxy) is 1. The average Bonchev–Trinajstić information content (AvgIpc) is 3.21. The predicted molar refractivity (Wildman–Crippen MR) is 122 cm³/mol. The van der Waals surface area contributed by atoms with Crippen LogP contribution in [0.1, 0.15) is 19.2 Å². The van der Waals surface area contributed by atoms with E-state index in [9.17, 15) is 4.79 Å². The van der Waals surface area contributed by atoms with Crippen molar-refractivity contribution >= 4 is 46.9 Å². The Morgan fingerprint density at radius 2 is 2.11 bits per heavy atom. The molecule has 1 fully saturated rings. The van der Waals surface area contributed by atoms with E-state index in [1.54, 1.807) is 7.05 Å². The lowest BCUT2D eigenvalue weighted by atomic mass is 9.99. The summed E-state index contributed by atoms with van der Waals surface area (Å²) in [4.78, 5) is 23.0. The molecular formula is C20H30IN5O2. The molecule has 0 bridgehead atoms. The fraction of sp³-hybridized carbons (Fsp3) is 0.550. The fourth-order valence-electron chi connectivity index (χ4n) is 3.85. The van der Waals surface area contributed by atoms with Gasteiger partial charge >= 0.3 is 5.97 Å². The van der Waals surface area contributed by atoms with Crippen LogP contribution in [0.5, 0.6) is 0 Å². The molecule has 1 aliphatic rings. The van der Waals surface area contributed by atoms with Gasteiger partial charge in [-0.3, -0.25) is 9.79 Å². The van der Waals surface area contributed by atoms with Crippen molar-refractivity contribution in [1.82, 2.24) is 19.8 Å². The topological polar surface area (TPSA) is 71.8 Å². The summed E-state index contributed by atoms with van der Waals surface area (Å²) in [5.41, 5.74) is 2.22. The van der Waals surface area contributed by atoms with Gasteiger partial charge < -0.3 is 19.5 Å². The molecule has 0 saturated carbocycles. The minimum absolute atomic E-state index is 0. The Morgan fingerprint density at radius 1 is 1.36 bits per heavy atom. The highest BCUT2D eigenvalue weighted by Crippen LogP contribution is 2.24. The molecule has 0 amide bonds. The Balaban J connectivity index is 0.00000280. The molecule has 0 aliphatic carbocycles. The highest BCUT2D eigenvalue weighted by atomic mass is 127. The van der Waals surface area contributed by atoms with Gasteiger partial charge in [0.15, 0.2) is 5.96 Å². The smallest absolute Gasteiger partial charge is 0.310 e. The zero-order valence-corrected chi connectivity index (χ0v) is 19.3. The van der Waals surface area contributed by atoms with E-state index in [1.807, 2.05) is 25.1 Å². The normalized spacial score (nSPS) is 19.6. The summed E-state index contributed by atoms with van der Waals surface area (Å²) < 4.78 is 7.17. The Morgan fingerprint density at radius 3 is 2.82 bits per heavy atom. The summed E-state index contributed by atoms with van der Waals surface area (Å²) in [5.74, 6) is 1.92. The van der Waals surface area contributed by atoms with Crippen LogP contribution in [0, 0.1) is 18.8 Å². The minimum atomic E-state index is -0.136. The number of carbonyl (C=O) groups is 1. The third-order valence-corrected chi connectivity index (χ3v) is 5.31. The number of para-hydroxylation sites is 2. The van der Waals surface area contributed by atoms with Crippen molar-refractivity contribution in [3.8, 4) is 0 Å². The van der Waals surface area contributed by atoms with Gasteiger partial charge in [0, 0.05) is 33.2 Å². The van der Waals surface area contributed by atoms with Crippen LogP contribution in [0.2, 0.25) is 0 Å². The zero-order valence-electron chi connectivity index (χ0n) is 17.0. The number of hydrogen-bond donors (Lipinski definition) is 1. The summed E-state index contributed by atoms with van der Waals surface area (Å²) >= 11 is 0. The highest BCUT2D eigenvalue weighted by molar-refractivity contribution is 14.0. The maximum atomic E-state index is 11.9. The number of methoxy groups -OCH3 is 1. The molecule has 1 aromatic carbocycles. The lowest BCUT2D eigenvalue weighted by molar-refractivity contribution is -0.145. The van der Waals surface area contributed by atoms with Crippen molar-refractivity contribution < 1.29 is 9.53 Å². The number of imidazole rings is 1. The SMILES string of the molecule is CN=C(NCCCn1c(C)nc2ccccc21)N1CC(C)C(C(=O)OC)C1.I. The number of guanidine groups is 1. The predicted octanol–water partition coefficient (Wildman–Crippen LogP) is 2.67. The van der Waals surface area contributed by atoms with Crippen LogP contribution in [0.25, 0.3) is 11.0 Å². The molecule has 1 N–H and O–H groups in total. The first kappa shape index (κ1) is 22.4. The third kappa shape index (κ3) is 4.76. The molecule has 2 unspecified atom stereocenters. The Labute approximate surface area is 183 Å². The first-order chi connectivity index (χ1) is 13.0. The van der Waals surface area contributed by atoms with Crippen LogP contribution in [-0.4, -0.2) is 60.2 Å². The Bertz CT molecular complexity index is 835. The van der Waals surface area contributed by atoms with E-state index < -0.39 is 0 Å². The van der Waals surface area contributed by atoms with Gasteiger partial charge in [0.25, 0.3) is 0 Å². The number of esters is 1. The first-order valence-corrected chi connectivity index (χ1v) is 9.50. The van der Waals surface area contributed by atoms with E-state index in [1.165, 1.54) is 12.6 Å². The van der Waals surface area contributed by atoms with Gasteiger partial charge in [-0.05, 0) is 31.4 Å². The molecule has 154 valence electrons. The second-order valence-corrected chi connectivity index (χ2v) is 7.14. The highest BCUT2D eigenvalue weighted by Gasteiger charge is 2.36. The van der Waals surface area contributed by atoms with Crippen LogP contribution in [0.3, 0.4) is 0 Å². The lowest BCUT2D eigenvalue weighted by Gasteiger charge is -2.21. The number of halogens is 1. The van der Waals surface area contributed by atoms with Crippen LogP contribution in [-0.2, 0) is 16.1 Å². The quantitative estimate of drug-likeness (QED) is 0.225. The van der Waals surface area contributed by atoms with E-state index in [0.717, 1.165) is 43.4 Å². The molecular weight excluding hydrogens is 469 g/mol. The zero-order chi connectivity index (χ0) is 19.4. The monoisotopic (exact) mass is 499 g/mol. The molecule has 28 heavy (non-hydrogen) atoms. The number of nitrogens with one attached hydrogen (secondary N) is 1. The first-order valence-electron chi connectivity index (χ1n) is 9.50. The van der Waals surface area contributed by atoms with Gasteiger partial charge in [-0.1, -0.05) is 19.1 Å². The molecule has 2 aromatic rings. The summed E-state index contributed by atoms with van der Waals surface area (Å²) in [5, 5.41) is 3.43. The number of aliphatic imine (C=N–C) groups is 1. The van der Waals surface area contributed by atoms with Crippen molar-refractivity contribution in [3.05, 3.63) is 30.1 Å². The van der Waals surface area contributed by atoms with E-state index in [2.05, 4.69) is 37.8 Å². The summed E-state index contributed by atoms with van der Waals surface area (Å²) in [7, 11) is 3.23. The average molecular weight is 499 g/mol. The van der Waals surface area contributed by atoms with Crippen LogP contribution >= 0.6 is 24.0 Å². The number of likely N-dealkylation sites (tertiary alicyclic amines) is 1. The summed E-state index contributed by atoms with van der Waals surface area (Å²) in [6.45, 7) is 7.31. The molecule has 0 spiro atoms. The molecule has 0 radical (unpaired) electrons. The molecule has 7 nitrogen and oxygen atoms in total. The van der Waals surface area contributed by atoms with E-state index in [4.69, 9.17) is 4.74 Å². The van der Waals surface area contributed by atoms with Crippen molar-refractivity contribution in [3.63, 3.8) is 0 Å². The van der Waals surface area contributed by atoms with Gasteiger partial charge in [0.2, 0.25) is 0 Å². The van der Waals surface area contributed by atoms with Gasteiger partial charge in [-0.15, -0.1) is 24.0 Å². The minimum Gasteiger partial charge on any atom is -0.469 e. The van der Waals surface area contributed by atoms with Crippen molar-refractivity contribution in [2.24, 2.45) is 16.8 Å². The van der Waals surface area contributed by atoms with Gasteiger partial charge in [-0.2, -0.15) is 0 Å². The largest absolute Gasteiger partial charge is 0.469 e. The van der Waals surface area contributed by atoms with Crippen molar-refractivity contribution in [2.75, 3.05) is 33.8 Å². The molecule has 1 aromatic heterocycles. The number of rotatable bonds is 5. The number of carbonyl (C=O) groups excluding carboxylic acids is 1. The van der Waals surface area contributed by atoms with Gasteiger partial charge in [0.05, 0.1) is 24.1 Å². The molecule has 1 saturated heterocycles. The fourth-order valence-corrected chi connectivity index (χ4v) is 3.85. The number of aryl methyl sites for hydroxylation is 2. The summed E-state index contributed by atoms with van der Waals surface area (Å²) in [6.07, 6.45) is 0.962. The second-order valence-electron chi connectivity index (χ2n) is 7.14. The van der Waals surface area contributed by atoms with E-state index in [-0.39, 0.29) is 41.8 Å². The number of aromatic nitrogens is 2. The van der Waals surface area contributed by atoms with Crippen molar-refractivity contribution in [2.45, 2.75) is 26.8 Å². The maximum Gasteiger partial charge on any atom is 0.310 e. The molecule has 2 atom stereocenters. The van der Waals surface area contributed by atoms with Gasteiger partial charge in [-0.25, -0.2) is 4.98 Å². The van der Waals surface area contributed by atoms with Crippen LogP contribution in [0.4, 0.5) is 0 Å². The molecule has 2 heterocycles. The molecule has 8 heteroatoms. The maximum absolute atomic E-state index is 11.9. The third-order valence-electron chi connectivity index (χ3n) is 5.31. The number of benzene rings is 1. The van der Waals surface area contributed by atoms with E-state index in [0.29, 0.717) is 6.54 Å². The van der Waals surface area contributed by atoms with Crippen LogP contribution in [0.15, 0.2) is 29.3 Å². The molecule has 1 aliphatic heterocycles. The molecule has 3 rings (SSSR count). The Hall–Kier alpha value is -1.84. The standard InChI is InChI=1S/C20H29N5O2.HI/c1-14-12-24(13-16(14)19(26)27-4)20(21-3)22-10-7-11-25-15(2)23-17-8-5-6-9-18(17)25;/h5-6,8-9,14,16H,7,10-13H2,1-4H3,(H,21,22);1H. The number of fused-ring (bicyclic) bond motifs is 1. The Kier molecular flexibility index (Phi) is 8.09. The van der Waals surface area contributed by atoms with Crippen molar-refractivity contribution in [1.29, 1.82) is 0 Å². The lowest BCUT2D eigenvalue weighted by Crippen LogP contribution is -2.41. The van der Waals surface area contributed by atoms with E-state index >= 15 is 0 Å². The van der Waals surface area contributed by atoms with Gasteiger partial charge in [0.1, 0.15) is 5.82 Å². The number of nitrogens with zero attached hydrogens (tertiary/aromatic N) is 4.